The van der Waals surface area contributed by atoms with Crippen molar-refractivity contribution in [2.24, 2.45) is 0 Å². The Morgan fingerprint density at radius 3 is 2.40 bits per heavy atom. The van der Waals surface area contributed by atoms with E-state index in [0.29, 0.717) is 18.0 Å². The molecule has 1 amide bonds. The summed E-state index contributed by atoms with van der Waals surface area (Å²) in [5.41, 5.74) is 0.796. The van der Waals surface area contributed by atoms with Gasteiger partial charge >= 0.3 is 0 Å². The van der Waals surface area contributed by atoms with Crippen LogP contribution >= 0.6 is 0 Å². The molecule has 0 radical (unpaired) electrons. The van der Waals surface area contributed by atoms with Crippen LogP contribution in [0, 0.1) is 0 Å². The zero-order valence-electron chi connectivity index (χ0n) is 9.19. The van der Waals surface area contributed by atoms with Gasteiger partial charge in [-0.1, -0.05) is 0 Å². The monoisotopic (exact) mass is 209 g/mol. The lowest BCUT2D eigenvalue weighted by Gasteiger charge is -2.16. The van der Waals surface area contributed by atoms with Crippen LogP contribution in [0.3, 0.4) is 0 Å². The molecule has 0 aliphatic carbocycles. The van der Waals surface area contributed by atoms with Crippen molar-refractivity contribution < 1.29 is 14.3 Å². The number of carbonyl (C=O) groups excluding carboxylic acids is 1. The maximum Gasteiger partial charge on any atom is 0.214 e. The van der Waals surface area contributed by atoms with Crippen molar-refractivity contribution in [1.29, 1.82) is 0 Å². The summed E-state index contributed by atoms with van der Waals surface area (Å²) in [6.45, 7) is 2.53. The maximum absolute atomic E-state index is 10.7. The predicted octanol–water partition coefficient (Wildman–Crippen LogP) is 1.69. The maximum atomic E-state index is 10.7. The molecule has 0 saturated carbocycles. The van der Waals surface area contributed by atoms with Gasteiger partial charge in [-0.2, -0.15) is 0 Å². The van der Waals surface area contributed by atoms with Gasteiger partial charge in [0.05, 0.1) is 14.2 Å². The predicted molar refractivity (Wildman–Crippen MR) is 58.6 cm³/mol. The van der Waals surface area contributed by atoms with E-state index >= 15 is 0 Å². The van der Waals surface area contributed by atoms with Crippen molar-refractivity contribution in [1.82, 2.24) is 0 Å². The summed E-state index contributed by atoms with van der Waals surface area (Å²) < 4.78 is 10.3. The standard InChI is InChI=1S/C11H15NO3/c1-4-12(8-13)9-5-6-10(14-2)11(7-9)15-3/h5-8H,4H2,1-3H3. The van der Waals surface area contributed by atoms with Gasteiger partial charge in [-0.15, -0.1) is 0 Å². The average molecular weight is 209 g/mol. The van der Waals surface area contributed by atoms with Gasteiger partial charge in [0.1, 0.15) is 0 Å². The smallest absolute Gasteiger partial charge is 0.214 e. The van der Waals surface area contributed by atoms with E-state index in [-0.39, 0.29) is 0 Å². The molecule has 0 aromatic heterocycles. The Morgan fingerprint density at radius 1 is 1.27 bits per heavy atom. The van der Waals surface area contributed by atoms with Gasteiger partial charge in [0.25, 0.3) is 0 Å². The minimum Gasteiger partial charge on any atom is -0.493 e. The number of benzene rings is 1. The van der Waals surface area contributed by atoms with Crippen LogP contribution in [-0.2, 0) is 4.79 Å². The molecule has 15 heavy (non-hydrogen) atoms. The van der Waals surface area contributed by atoms with Gasteiger partial charge in [-0.05, 0) is 19.1 Å². The van der Waals surface area contributed by atoms with E-state index in [1.165, 1.54) is 0 Å². The second-order valence-electron chi connectivity index (χ2n) is 2.93. The summed E-state index contributed by atoms with van der Waals surface area (Å²) in [6.07, 6.45) is 0.793. The fourth-order valence-electron chi connectivity index (χ4n) is 1.32. The molecule has 0 aliphatic heterocycles. The molecule has 1 rings (SSSR count). The number of amides is 1. The summed E-state index contributed by atoms with van der Waals surface area (Å²) >= 11 is 0. The van der Waals surface area contributed by atoms with Crippen LogP contribution in [0.2, 0.25) is 0 Å². The second kappa shape index (κ2) is 5.24. The molecular weight excluding hydrogens is 194 g/mol. The molecule has 4 heteroatoms. The SMILES string of the molecule is CCN(C=O)c1ccc(OC)c(OC)c1. The molecular formula is C11H15NO3. The Bertz CT molecular complexity index is 339. The fraction of sp³-hybridized carbons (Fsp3) is 0.364. The highest BCUT2D eigenvalue weighted by atomic mass is 16.5. The van der Waals surface area contributed by atoms with Crippen molar-refractivity contribution in [3.05, 3.63) is 18.2 Å². The first-order valence-electron chi connectivity index (χ1n) is 4.70. The molecule has 0 N–H and O–H groups in total. The Balaban J connectivity index is 3.06. The quantitative estimate of drug-likeness (QED) is 0.693. The number of anilines is 1. The van der Waals surface area contributed by atoms with Crippen LogP contribution in [0.25, 0.3) is 0 Å². The van der Waals surface area contributed by atoms with Crippen molar-refractivity contribution in [3.8, 4) is 11.5 Å². The number of hydrogen-bond acceptors (Lipinski definition) is 3. The lowest BCUT2D eigenvalue weighted by Crippen LogP contribution is -2.19. The largest absolute Gasteiger partial charge is 0.493 e. The molecule has 0 bridgehead atoms. The minimum atomic E-state index is 0.621. The normalized spacial score (nSPS) is 9.53. The highest BCUT2D eigenvalue weighted by molar-refractivity contribution is 5.76. The summed E-state index contributed by atoms with van der Waals surface area (Å²) in [4.78, 5) is 12.3. The molecule has 82 valence electrons. The second-order valence-corrected chi connectivity index (χ2v) is 2.93. The summed E-state index contributed by atoms with van der Waals surface area (Å²) in [5, 5.41) is 0. The lowest BCUT2D eigenvalue weighted by molar-refractivity contribution is -0.107. The minimum absolute atomic E-state index is 0.621. The van der Waals surface area contributed by atoms with Crippen LogP contribution in [0.15, 0.2) is 18.2 Å². The number of rotatable bonds is 5. The van der Waals surface area contributed by atoms with E-state index in [1.54, 1.807) is 31.3 Å². The third-order valence-electron chi connectivity index (χ3n) is 2.17. The zero-order valence-corrected chi connectivity index (χ0v) is 9.19. The van der Waals surface area contributed by atoms with Gasteiger partial charge in [0, 0.05) is 18.3 Å². The number of ether oxygens (including phenoxy) is 2. The molecule has 1 aromatic carbocycles. The van der Waals surface area contributed by atoms with Crippen LogP contribution in [0.5, 0.6) is 11.5 Å². The summed E-state index contributed by atoms with van der Waals surface area (Å²) in [7, 11) is 3.15. The Kier molecular flexibility index (Phi) is 3.97. The average Bonchev–Trinajstić information content (AvgIpc) is 2.30. The van der Waals surface area contributed by atoms with Crippen LogP contribution in [0.1, 0.15) is 6.92 Å². The van der Waals surface area contributed by atoms with E-state index in [1.807, 2.05) is 13.0 Å². The molecule has 0 aliphatic rings. The van der Waals surface area contributed by atoms with Crippen molar-refractivity contribution >= 4 is 12.1 Å². The first kappa shape index (κ1) is 11.4. The molecule has 0 atom stereocenters. The molecule has 0 unspecified atom stereocenters. The molecule has 4 nitrogen and oxygen atoms in total. The van der Waals surface area contributed by atoms with Crippen molar-refractivity contribution in [3.63, 3.8) is 0 Å². The van der Waals surface area contributed by atoms with Crippen molar-refractivity contribution in [2.45, 2.75) is 6.92 Å². The van der Waals surface area contributed by atoms with Gasteiger partial charge in [-0.3, -0.25) is 4.79 Å². The number of nitrogens with zero attached hydrogens (tertiary/aromatic N) is 1. The van der Waals surface area contributed by atoms with Gasteiger partial charge in [-0.25, -0.2) is 0 Å². The molecule has 0 fully saturated rings. The van der Waals surface area contributed by atoms with E-state index in [4.69, 9.17) is 9.47 Å². The lowest BCUT2D eigenvalue weighted by atomic mass is 10.2. The third-order valence-corrected chi connectivity index (χ3v) is 2.17. The first-order valence-corrected chi connectivity index (χ1v) is 4.70. The molecule has 0 heterocycles. The summed E-state index contributed by atoms with van der Waals surface area (Å²) in [5.74, 6) is 1.28. The van der Waals surface area contributed by atoms with Crippen LogP contribution in [-0.4, -0.2) is 27.2 Å². The van der Waals surface area contributed by atoms with Crippen LogP contribution in [0.4, 0.5) is 5.69 Å². The number of methoxy groups -OCH3 is 2. The topological polar surface area (TPSA) is 38.8 Å². The Hall–Kier alpha value is -1.71. The molecule has 0 saturated heterocycles. The highest BCUT2D eigenvalue weighted by Gasteiger charge is 2.08. The fourth-order valence-corrected chi connectivity index (χ4v) is 1.32. The molecule has 0 spiro atoms. The Labute approximate surface area is 89.4 Å². The van der Waals surface area contributed by atoms with Gasteiger partial charge in [0.15, 0.2) is 11.5 Å². The number of carbonyl (C=O) groups is 1. The Morgan fingerprint density at radius 2 is 1.93 bits per heavy atom. The zero-order chi connectivity index (χ0) is 11.3. The van der Waals surface area contributed by atoms with Gasteiger partial charge < -0.3 is 14.4 Å². The van der Waals surface area contributed by atoms with E-state index < -0.39 is 0 Å². The first-order chi connectivity index (χ1) is 7.26. The van der Waals surface area contributed by atoms with E-state index in [0.717, 1.165) is 12.1 Å². The highest BCUT2D eigenvalue weighted by Crippen LogP contribution is 2.30. The van der Waals surface area contributed by atoms with Crippen molar-refractivity contribution in [2.75, 3.05) is 25.7 Å². The van der Waals surface area contributed by atoms with E-state index in [9.17, 15) is 4.79 Å². The molecule has 1 aromatic rings. The summed E-state index contributed by atoms with van der Waals surface area (Å²) in [6, 6.07) is 5.37. The van der Waals surface area contributed by atoms with Crippen LogP contribution < -0.4 is 14.4 Å². The number of hydrogen-bond donors (Lipinski definition) is 0. The third kappa shape index (κ3) is 2.40. The van der Waals surface area contributed by atoms with E-state index in [2.05, 4.69) is 0 Å². The van der Waals surface area contributed by atoms with Gasteiger partial charge in [0.2, 0.25) is 6.41 Å².